The Bertz CT molecular complexity index is 752. The van der Waals surface area contributed by atoms with Gasteiger partial charge in [-0.1, -0.05) is 19.3 Å². The van der Waals surface area contributed by atoms with Gasteiger partial charge in [-0.3, -0.25) is 14.5 Å². The van der Waals surface area contributed by atoms with Gasteiger partial charge in [-0.25, -0.2) is 0 Å². The van der Waals surface area contributed by atoms with Gasteiger partial charge in [-0.15, -0.1) is 0 Å². The van der Waals surface area contributed by atoms with Crippen LogP contribution in [0.3, 0.4) is 0 Å². The number of rotatable bonds is 4. The highest BCUT2D eigenvalue weighted by molar-refractivity contribution is 5.95. The van der Waals surface area contributed by atoms with Gasteiger partial charge >= 0.3 is 0 Å². The number of nitrogens with zero attached hydrogens (tertiary/aromatic N) is 4. The Morgan fingerprint density at radius 3 is 2.13 bits per heavy atom. The third kappa shape index (κ3) is 4.58. The maximum absolute atomic E-state index is 13.3. The van der Waals surface area contributed by atoms with Crippen LogP contribution in [0, 0.1) is 13.8 Å². The summed E-state index contributed by atoms with van der Waals surface area (Å²) in [5.74, 6) is 0.415. The van der Waals surface area contributed by atoms with Crippen LogP contribution >= 0.6 is 0 Å². The molecule has 0 unspecified atom stereocenters. The maximum atomic E-state index is 13.3. The molecule has 0 radical (unpaired) electrons. The van der Waals surface area contributed by atoms with E-state index in [-0.39, 0.29) is 11.8 Å². The molecule has 0 atom stereocenters. The van der Waals surface area contributed by atoms with Crippen LogP contribution in [0.1, 0.15) is 79.2 Å². The van der Waals surface area contributed by atoms with Crippen molar-refractivity contribution in [3.63, 3.8) is 0 Å². The van der Waals surface area contributed by atoms with Crippen molar-refractivity contribution in [2.75, 3.05) is 45.8 Å². The van der Waals surface area contributed by atoms with Crippen LogP contribution in [-0.4, -0.2) is 76.9 Å². The molecule has 1 aromatic heterocycles. The van der Waals surface area contributed by atoms with Crippen LogP contribution in [0.25, 0.3) is 0 Å². The SMILES string of the molecule is Cc1cc(C(=O)N2CCN(CC(=O)N3CCCCC3)CC2)c(C)n1C1CCCCC1. The van der Waals surface area contributed by atoms with Crippen molar-refractivity contribution in [3.8, 4) is 0 Å². The zero-order valence-electron chi connectivity index (χ0n) is 18.9. The lowest BCUT2D eigenvalue weighted by Gasteiger charge is -2.36. The topological polar surface area (TPSA) is 48.8 Å². The lowest BCUT2D eigenvalue weighted by atomic mass is 9.95. The molecule has 2 amide bonds. The van der Waals surface area contributed by atoms with Crippen LogP contribution in [0.2, 0.25) is 0 Å². The van der Waals surface area contributed by atoms with Crippen molar-refractivity contribution in [1.29, 1.82) is 0 Å². The fourth-order valence-corrected chi connectivity index (χ4v) is 5.61. The first-order valence-electron chi connectivity index (χ1n) is 12.0. The Balaban J connectivity index is 1.33. The minimum atomic E-state index is 0.159. The predicted octanol–water partition coefficient (Wildman–Crippen LogP) is 3.38. The second-order valence-electron chi connectivity index (χ2n) is 9.46. The van der Waals surface area contributed by atoms with Crippen LogP contribution in [0.4, 0.5) is 0 Å². The van der Waals surface area contributed by atoms with Crippen molar-refractivity contribution in [3.05, 3.63) is 23.0 Å². The molecule has 6 nitrogen and oxygen atoms in total. The molecule has 166 valence electrons. The molecule has 0 N–H and O–H groups in total. The molecule has 2 saturated heterocycles. The molecule has 0 bridgehead atoms. The smallest absolute Gasteiger partial charge is 0.255 e. The van der Waals surface area contributed by atoms with Gasteiger partial charge in [0.05, 0.1) is 12.1 Å². The zero-order valence-corrected chi connectivity index (χ0v) is 18.9. The average Bonchev–Trinajstić information content (AvgIpc) is 3.08. The first-order chi connectivity index (χ1) is 14.5. The van der Waals surface area contributed by atoms with E-state index in [4.69, 9.17) is 0 Å². The van der Waals surface area contributed by atoms with E-state index in [2.05, 4.69) is 29.4 Å². The molecular formula is C24H38N4O2. The summed E-state index contributed by atoms with van der Waals surface area (Å²) in [6.07, 6.45) is 9.90. The molecule has 6 heteroatoms. The Kier molecular flexibility index (Phi) is 6.81. The zero-order chi connectivity index (χ0) is 21.1. The normalized spacial score (nSPS) is 21.8. The van der Waals surface area contributed by atoms with Crippen molar-refractivity contribution in [2.24, 2.45) is 0 Å². The summed E-state index contributed by atoms with van der Waals surface area (Å²) in [7, 11) is 0. The van der Waals surface area contributed by atoms with Crippen LogP contribution < -0.4 is 0 Å². The van der Waals surface area contributed by atoms with Gasteiger partial charge in [0.25, 0.3) is 5.91 Å². The maximum Gasteiger partial charge on any atom is 0.255 e. The number of amides is 2. The number of carbonyl (C=O) groups is 2. The Labute approximate surface area is 181 Å². The highest BCUT2D eigenvalue weighted by Gasteiger charge is 2.28. The second kappa shape index (κ2) is 9.54. The fourth-order valence-electron chi connectivity index (χ4n) is 5.61. The molecular weight excluding hydrogens is 376 g/mol. The molecule has 30 heavy (non-hydrogen) atoms. The first-order valence-corrected chi connectivity index (χ1v) is 12.0. The molecule has 1 aromatic rings. The van der Waals surface area contributed by atoms with Crippen molar-refractivity contribution in [1.82, 2.24) is 19.3 Å². The summed E-state index contributed by atoms with van der Waals surface area (Å²) in [5, 5.41) is 0. The largest absolute Gasteiger partial charge is 0.345 e. The minimum absolute atomic E-state index is 0.159. The number of likely N-dealkylation sites (tertiary alicyclic amines) is 1. The summed E-state index contributed by atoms with van der Waals surface area (Å²) in [6.45, 7) is 9.56. The number of carbonyl (C=O) groups excluding carboxylic acids is 2. The van der Waals surface area contributed by atoms with Gasteiger partial charge in [-0.2, -0.15) is 0 Å². The van der Waals surface area contributed by atoms with Gasteiger partial charge in [-0.05, 0) is 52.0 Å². The molecule has 0 aromatic carbocycles. The fraction of sp³-hybridized carbons (Fsp3) is 0.750. The molecule has 1 aliphatic carbocycles. The number of aryl methyl sites for hydroxylation is 1. The Morgan fingerprint density at radius 1 is 0.833 bits per heavy atom. The third-order valence-electron chi connectivity index (χ3n) is 7.38. The summed E-state index contributed by atoms with van der Waals surface area (Å²) in [4.78, 5) is 32.0. The highest BCUT2D eigenvalue weighted by atomic mass is 16.2. The molecule has 2 aliphatic heterocycles. The van der Waals surface area contributed by atoms with Crippen LogP contribution in [0.15, 0.2) is 6.07 Å². The number of piperazine rings is 1. The molecule has 0 spiro atoms. The van der Waals surface area contributed by atoms with E-state index in [1.165, 1.54) is 44.2 Å². The van der Waals surface area contributed by atoms with Gasteiger partial charge in [0.15, 0.2) is 0 Å². The summed E-state index contributed by atoms with van der Waals surface area (Å²) in [6, 6.07) is 2.65. The van der Waals surface area contributed by atoms with E-state index >= 15 is 0 Å². The standard InChI is InChI=1S/C24H38N4O2/c1-19-17-22(20(2)28(19)21-9-5-3-6-10-21)24(30)27-15-13-25(14-16-27)18-23(29)26-11-7-4-8-12-26/h17,21H,3-16,18H2,1-2H3. The first kappa shape index (κ1) is 21.4. The van der Waals surface area contributed by atoms with E-state index in [1.54, 1.807) is 0 Å². The van der Waals surface area contributed by atoms with Crippen molar-refractivity contribution in [2.45, 2.75) is 71.3 Å². The number of piperidine rings is 1. The monoisotopic (exact) mass is 414 g/mol. The summed E-state index contributed by atoms with van der Waals surface area (Å²) >= 11 is 0. The third-order valence-corrected chi connectivity index (χ3v) is 7.38. The second-order valence-corrected chi connectivity index (χ2v) is 9.46. The van der Waals surface area contributed by atoms with E-state index in [0.717, 1.165) is 50.3 Å². The van der Waals surface area contributed by atoms with Crippen LogP contribution in [-0.2, 0) is 4.79 Å². The number of aromatic nitrogens is 1. The van der Waals surface area contributed by atoms with E-state index < -0.39 is 0 Å². The predicted molar refractivity (Wildman–Crippen MR) is 119 cm³/mol. The van der Waals surface area contributed by atoms with E-state index in [1.807, 2.05) is 9.80 Å². The quantitative estimate of drug-likeness (QED) is 0.759. The summed E-state index contributed by atoms with van der Waals surface area (Å²) < 4.78 is 2.42. The molecule has 3 heterocycles. The number of hydrogen-bond acceptors (Lipinski definition) is 3. The Hall–Kier alpha value is -1.82. The molecule has 3 aliphatic rings. The average molecular weight is 415 g/mol. The molecule has 4 rings (SSSR count). The van der Waals surface area contributed by atoms with E-state index in [0.29, 0.717) is 25.7 Å². The van der Waals surface area contributed by atoms with Gasteiger partial charge in [0, 0.05) is 56.7 Å². The highest BCUT2D eigenvalue weighted by Crippen LogP contribution is 2.32. The van der Waals surface area contributed by atoms with E-state index in [9.17, 15) is 9.59 Å². The van der Waals surface area contributed by atoms with Crippen LogP contribution in [0.5, 0.6) is 0 Å². The van der Waals surface area contributed by atoms with Gasteiger partial charge in [0.2, 0.25) is 5.91 Å². The summed E-state index contributed by atoms with van der Waals surface area (Å²) in [5.41, 5.74) is 3.22. The number of hydrogen-bond donors (Lipinski definition) is 0. The Morgan fingerprint density at radius 2 is 1.47 bits per heavy atom. The minimum Gasteiger partial charge on any atom is -0.345 e. The van der Waals surface area contributed by atoms with Gasteiger partial charge < -0.3 is 14.4 Å². The van der Waals surface area contributed by atoms with Crippen molar-refractivity contribution >= 4 is 11.8 Å². The van der Waals surface area contributed by atoms with Gasteiger partial charge in [0.1, 0.15) is 0 Å². The van der Waals surface area contributed by atoms with Crippen molar-refractivity contribution < 1.29 is 9.59 Å². The lowest BCUT2D eigenvalue weighted by Crippen LogP contribution is -2.52. The lowest BCUT2D eigenvalue weighted by molar-refractivity contribution is -0.133. The molecule has 1 saturated carbocycles. The molecule has 3 fully saturated rings.